The van der Waals surface area contributed by atoms with Crippen LogP contribution >= 0.6 is 15.9 Å². The third-order valence-electron chi connectivity index (χ3n) is 2.75. The maximum Gasteiger partial charge on any atom is 0.255 e. The molecule has 2 aromatic rings. The number of methoxy groups -OCH3 is 1. The molecule has 0 bridgehead atoms. The molecule has 0 saturated carbocycles. The van der Waals surface area contributed by atoms with Crippen molar-refractivity contribution < 1.29 is 18.3 Å². The van der Waals surface area contributed by atoms with Crippen LogP contribution < -0.4 is 15.8 Å². The summed E-state index contributed by atoms with van der Waals surface area (Å²) >= 11 is 3.25. The lowest BCUT2D eigenvalue weighted by Gasteiger charge is -2.09. The van der Waals surface area contributed by atoms with Crippen LogP contribution in [0.25, 0.3) is 0 Å². The molecule has 2 aromatic carbocycles. The fourth-order valence-corrected chi connectivity index (χ4v) is 2.20. The lowest BCUT2D eigenvalue weighted by atomic mass is 10.2. The Morgan fingerprint density at radius 2 is 1.95 bits per heavy atom. The molecule has 3 N–H and O–H groups in total. The van der Waals surface area contributed by atoms with Gasteiger partial charge in [0.05, 0.1) is 23.0 Å². The van der Waals surface area contributed by atoms with Gasteiger partial charge in [-0.2, -0.15) is 0 Å². The minimum Gasteiger partial charge on any atom is -0.496 e. The van der Waals surface area contributed by atoms with Crippen LogP contribution in [-0.4, -0.2) is 13.0 Å². The van der Waals surface area contributed by atoms with Crippen molar-refractivity contribution in [1.29, 1.82) is 0 Å². The van der Waals surface area contributed by atoms with Crippen LogP contribution in [0.1, 0.15) is 10.4 Å². The average molecular weight is 357 g/mol. The van der Waals surface area contributed by atoms with Gasteiger partial charge in [-0.15, -0.1) is 0 Å². The molecule has 1 amide bonds. The van der Waals surface area contributed by atoms with Crippen LogP contribution in [-0.2, 0) is 0 Å². The van der Waals surface area contributed by atoms with Crippen LogP contribution in [0.2, 0.25) is 0 Å². The summed E-state index contributed by atoms with van der Waals surface area (Å²) in [6, 6.07) is 6.28. The van der Waals surface area contributed by atoms with E-state index in [1.54, 1.807) is 6.07 Å². The van der Waals surface area contributed by atoms with Gasteiger partial charge in [0, 0.05) is 11.6 Å². The number of ether oxygens (including phenoxy) is 1. The highest BCUT2D eigenvalue weighted by Crippen LogP contribution is 2.26. The summed E-state index contributed by atoms with van der Waals surface area (Å²) < 4.78 is 32.3. The van der Waals surface area contributed by atoms with E-state index in [1.165, 1.54) is 19.2 Å². The number of rotatable bonds is 3. The van der Waals surface area contributed by atoms with E-state index in [2.05, 4.69) is 21.2 Å². The van der Waals surface area contributed by atoms with Crippen molar-refractivity contribution in [2.75, 3.05) is 18.2 Å². The molecule has 0 fully saturated rings. The Bertz CT molecular complexity index is 708. The van der Waals surface area contributed by atoms with E-state index in [4.69, 9.17) is 10.5 Å². The summed E-state index contributed by atoms with van der Waals surface area (Å²) in [4.78, 5) is 12.0. The SMILES string of the molecule is COc1ccc(C(=O)Nc2cc(N)c(F)cc2F)cc1Br. The first kappa shape index (κ1) is 15.2. The van der Waals surface area contributed by atoms with Gasteiger partial charge in [0.15, 0.2) is 0 Å². The zero-order valence-electron chi connectivity index (χ0n) is 10.9. The smallest absolute Gasteiger partial charge is 0.255 e. The van der Waals surface area contributed by atoms with Gasteiger partial charge in [0.1, 0.15) is 17.4 Å². The summed E-state index contributed by atoms with van der Waals surface area (Å²) in [7, 11) is 1.50. The first-order valence-corrected chi connectivity index (χ1v) is 6.61. The van der Waals surface area contributed by atoms with E-state index in [-0.39, 0.29) is 16.9 Å². The molecule has 2 rings (SSSR count). The van der Waals surface area contributed by atoms with E-state index in [1.807, 2.05) is 0 Å². The minimum atomic E-state index is -0.900. The lowest BCUT2D eigenvalue weighted by molar-refractivity contribution is 0.102. The predicted octanol–water partition coefficient (Wildman–Crippen LogP) is 3.57. The Morgan fingerprint density at radius 3 is 2.57 bits per heavy atom. The molecular weight excluding hydrogens is 346 g/mol. The maximum absolute atomic E-state index is 13.6. The van der Waals surface area contributed by atoms with Gasteiger partial charge >= 0.3 is 0 Å². The van der Waals surface area contributed by atoms with Crippen molar-refractivity contribution in [3.63, 3.8) is 0 Å². The summed E-state index contributed by atoms with van der Waals surface area (Å²) in [6.45, 7) is 0. The Morgan fingerprint density at radius 1 is 1.24 bits per heavy atom. The number of carbonyl (C=O) groups is 1. The van der Waals surface area contributed by atoms with Crippen LogP contribution in [0.5, 0.6) is 5.75 Å². The number of carbonyl (C=O) groups excluding carboxylic acids is 1. The molecule has 110 valence electrons. The Balaban J connectivity index is 2.26. The number of benzene rings is 2. The van der Waals surface area contributed by atoms with Crippen molar-refractivity contribution in [3.8, 4) is 5.75 Å². The molecule has 0 spiro atoms. The summed E-state index contributed by atoms with van der Waals surface area (Å²) in [5.41, 5.74) is 5.19. The van der Waals surface area contributed by atoms with Crippen molar-refractivity contribution >= 4 is 33.2 Å². The van der Waals surface area contributed by atoms with Crippen LogP contribution in [0.4, 0.5) is 20.2 Å². The van der Waals surface area contributed by atoms with Gasteiger partial charge in [-0.25, -0.2) is 8.78 Å². The number of amides is 1. The normalized spacial score (nSPS) is 10.3. The molecule has 0 atom stereocenters. The van der Waals surface area contributed by atoms with Crippen LogP contribution in [0.15, 0.2) is 34.8 Å². The number of hydrogen-bond donors (Lipinski definition) is 2. The molecular formula is C14H11BrF2N2O2. The van der Waals surface area contributed by atoms with E-state index < -0.39 is 17.5 Å². The number of hydrogen-bond acceptors (Lipinski definition) is 3. The van der Waals surface area contributed by atoms with Gasteiger partial charge in [0.2, 0.25) is 0 Å². The molecule has 0 aliphatic heterocycles. The first-order chi connectivity index (χ1) is 9.92. The fraction of sp³-hybridized carbons (Fsp3) is 0.0714. The molecule has 7 heteroatoms. The zero-order valence-corrected chi connectivity index (χ0v) is 12.5. The van der Waals surface area contributed by atoms with E-state index in [0.29, 0.717) is 16.3 Å². The Hall–Kier alpha value is -2.15. The quantitative estimate of drug-likeness (QED) is 0.826. The molecule has 0 radical (unpaired) electrons. The highest BCUT2D eigenvalue weighted by Gasteiger charge is 2.13. The Labute approximate surface area is 128 Å². The molecule has 0 saturated heterocycles. The Kier molecular flexibility index (Phi) is 4.42. The number of nitrogens with one attached hydrogen (secondary N) is 1. The highest BCUT2D eigenvalue weighted by atomic mass is 79.9. The van der Waals surface area contributed by atoms with Gasteiger partial charge in [-0.3, -0.25) is 4.79 Å². The van der Waals surface area contributed by atoms with Crippen molar-refractivity contribution in [2.45, 2.75) is 0 Å². The third kappa shape index (κ3) is 3.30. The largest absolute Gasteiger partial charge is 0.496 e. The second-order valence-electron chi connectivity index (χ2n) is 4.16. The van der Waals surface area contributed by atoms with Gasteiger partial charge in [0.25, 0.3) is 5.91 Å². The molecule has 4 nitrogen and oxygen atoms in total. The molecule has 0 aliphatic carbocycles. The van der Waals surface area contributed by atoms with Crippen molar-refractivity contribution in [1.82, 2.24) is 0 Å². The molecule has 21 heavy (non-hydrogen) atoms. The summed E-state index contributed by atoms with van der Waals surface area (Å²) in [6.07, 6.45) is 0. The second-order valence-corrected chi connectivity index (χ2v) is 5.01. The van der Waals surface area contributed by atoms with Crippen LogP contribution in [0, 0.1) is 11.6 Å². The van der Waals surface area contributed by atoms with E-state index in [0.717, 1.165) is 6.07 Å². The first-order valence-electron chi connectivity index (χ1n) is 5.81. The van der Waals surface area contributed by atoms with Gasteiger partial charge < -0.3 is 15.8 Å². The highest BCUT2D eigenvalue weighted by molar-refractivity contribution is 9.10. The zero-order chi connectivity index (χ0) is 15.6. The number of halogens is 3. The maximum atomic E-state index is 13.6. The number of anilines is 2. The molecule has 0 aliphatic rings. The van der Waals surface area contributed by atoms with Crippen LogP contribution in [0.3, 0.4) is 0 Å². The third-order valence-corrected chi connectivity index (χ3v) is 3.37. The van der Waals surface area contributed by atoms with Crippen molar-refractivity contribution in [3.05, 3.63) is 52.0 Å². The standard InChI is InChI=1S/C14H11BrF2N2O2/c1-21-13-3-2-7(4-8(13)15)14(20)19-12-6-11(18)9(16)5-10(12)17/h2-6H,18H2,1H3,(H,19,20). The second kappa shape index (κ2) is 6.09. The monoisotopic (exact) mass is 356 g/mol. The number of nitrogens with two attached hydrogens (primary N) is 1. The molecule has 0 unspecified atom stereocenters. The summed E-state index contributed by atoms with van der Waals surface area (Å²) in [5.74, 6) is -1.77. The predicted molar refractivity (Wildman–Crippen MR) is 79.4 cm³/mol. The average Bonchev–Trinajstić information content (AvgIpc) is 2.44. The lowest BCUT2D eigenvalue weighted by Crippen LogP contribution is -2.13. The van der Waals surface area contributed by atoms with Crippen molar-refractivity contribution in [2.24, 2.45) is 0 Å². The fourth-order valence-electron chi connectivity index (χ4n) is 1.66. The summed E-state index contributed by atoms with van der Waals surface area (Å²) in [5, 5.41) is 2.34. The molecule has 0 heterocycles. The van der Waals surface area contributed by atoms with E-state index >= 15 is 0 Å². The minimum absolute atomic E-state index is 0.189. The topological polar surface area (TPSA) is 64.3 Å². The number of nitrogen functional groups attached to an aromatic ring is 1. The molecule has 0 aromatic heterocycles. The van der Waals surface area contributed by atoms with Gasteiger partial charge in [-0.1, -0.05) is 0 Å². The van der Waals surface area contributed by atoms with E-state index in [9.17, 15) is 13.6 Å². The van der Waals surface area contributed by atoms with Gasteiger partial charge in [-0.05, 0) is 40.2 Å².